The Morgan fingerprint density at radius 3 is 2.44 bits per heavy atom. The summed E-state index contributed by atoms with van der Waals surface area (Å²) in [7, 11) is 0. The first-order chi connectivity index (χ1) is 11.7. The van der Waals surface area contributed by atoms with Crippen molar-refractivity contribution in [2.24, 2.45) is 10.7 Å². The second-order valence-corrected chi connectivity index (χ2v) is 6.91. The van der Waals surface area contributed by atoms with Gasteiger partial charge in [-0.15, -0.1) is 24.0 Å². The van der Waals surface area contributed by atoms with E-state index in [1.165, 1.54) is 31.5 Å². The van der Waals surface area contributed by atoms with Gasteiger partial charge in [-0.25, -0.2) is 0 Å². The molecule has 0 radical (unpaired) electrons. The molecule has 0 spiro atoms. The standard InChI is InChI=1S/C19H30N4O.HI/c1-2-16-5-7-17(8-6-16)22-18(20)21-15-19(9-13-24-14-10-19)23-11-3-4-12-23;/h5-8H,2-4,9-15H2,1H3,(H3,20,21,22);1H. The SMILES string of the molecule is CCc1ccc(NC(N)=NCC2(N3CCCC3)CCOCC2)cc1.I. The maximum Gasteiger partial charge on any atom is 0.193 e. The molecule has 1 aromatic rings. The normalized spacial score (nSPS) is 20.9. The predicted molar refractivity (Wildman–Crippen MR) is 115 cm³/mol. The number of hydrogen-bond donors (Lipinski definition) is 2. The van der Waals surface area contributed by atoms with Gasteiger partial charge in [-0.1, -0.05) is 19.1 Å². The zero-order valence-corrected chi connectivity index (χ0v) is 17.5. The number of ether oxygens (including phenoxy) is 1. The van der Waals surface area contributed by atoms with E-state index in [9.17, 15) is 0 Å². The number of halogens is 1. The minimum Gasteiger partial charge on any atom is -0.381 e. The molecular weight excluding hydrogens is 427 g/mol. The fourth-order valence-electron chi connectivity index (χ4n) is 3.76. The van der Waals surface area contributed by atoms with E-state index in [4.69, 9.17) is 10.5 Å². The molecule has 0 amide bonds. The first kappa shape index (κ1) is 20.5. The van der Waals surface area contributed by atoms with Gasteiger partial charge in [0.25, 0.3) is 0 Å². The molecule has 2 heterocycles. The number of nitrogens with one attached hydrogen (secondary N) is 1. The Hall–Kier alpha value is -0.860. The van der Waals surface area contributed by atoms with Crippen LogP contribution in [0.15, 0.2) is 29.3 Å². The molecule has 5 nitrogen and oxygen atoms in total. The second-order valence-electron chi connectivity index (χ2n) is 6.91. The van der Waals surface area contributed by atoms with Crippen LogP contribution in [0.3, 0.4) is 0 Å². The number of aryl methyl sites for hydroxylation is 1. The van der Waals surface area contributed by atoms with E-state index in [2.05, 4.69) is 46.4 Å². The monoisotopic (exact) mass is 458 g/mol. The number of nitrogens with zero attached hydrogens (tertiary/aromatic N) is 2. The molecule has 0 bridgehead atoms. The molecule has 0 saturated carbocycles. The van der Waals surface area contributed by atoms with Crippen LogP contribution in [0.2, 0.25) is 0 Å². The van der Waals surface area contributed by atoms with Gasteiger partial charge in [0.1, 0.15) is 0 Å². The van der Waals surface area contributed by atoms with Gasteiger partial charge < -0.3 is 15.8 Å². The first-order valence-electron chi connectivity index (χ1n) is 9.20. The largest absolute Gasteiger partial charge is 0.381 e. The van der Waals surface area contributed by atoms with Gasteiger partial charge in [-0.05, 0) is 62.9 Å². The minimum absolute atomic E-state index is 0. The van der Waals surface area contributed by atoms with E-state index < -0.39 is 0 Å². The molecular formula is C19H31IN4O. The van der Waals surface area contributed by atoms with Crippen molar-refractivity contribution in [2.75, 3.05) is 38.2 Å². The fraction of sp³-hybridized carbons (Fsp3) is 0.632. The van der Waals surface area contributed by atoms with E-state index in [0.29, 0.717) is 5.96 Å². The van der Waals surface area contributed by atoms with E-state index in [1.54, 1.807) is 0 Å². The van der Waals surface area contributed by atoms with Crippen molar-refractivity contribution in [2.45, 2.75) is 44.6 Å². The molecule has 6 heteroatoms. The molecule has 2 saturated heterocycles. The van der Waals surface area contributed by atoms with E-state index in [1.807, 2.05) is 0 Å². The Bertz CT molecular complexity index is 549. The van der Waals surface area contributed by atoms with Crippen molar-refractivity contribution >= 4 is 35.6 Å². The molecule has 0 aromatic heterocycles. The summed E-state index contributed by atoms with van der Waals surface area (Å²) in [4.78, 5) is 7.30. The van der Waals surface area contributed by atoms with Crippen molar-refractivity contribution in [1.82, 2.24) is 4.90 Å². The lowest BCUT2D eigenvalue weighted by molar-refractivity contribution is -0.0138. The van der Waals surface area contributed by atoms with Crippen LogP contribution in [0.1, 0.15) is 38.2 Å². The lowest BCUT2D eigenvalue weighted by Gasteiger charge is -2.43. The van der Waals surface area contributed by atoms with Gasteiger partial charge in [0.15, 0.2) is 5.96 Å². The molecule has 25 heavy (non-hydrogen) atoms. The van der Waals surface area contributed by atoms with Crippen LogP contribution in [0.25, 0.3) is 0 Å². The molecule has 0 aliphatic carbocycles. The highest BCUT2D eigenvalue weighted by Crippen LogP contribution is 2.31. The highest BCUT2D eigenvalue weighted by Gasteiger charge is 2.39. The van der Waals surface area contributed by atoms with Crippen molar-refractivity contribution in [3.05, 3.63) is 29.8 Å². The molecule has 1 aromatic carbocycles. The average Bonchev–Trinajstić information content (AvgIpc) is 3.17. The zero-order valence-electron chi connectivity index (χ0n) is 15.2. The maximum absolute atomic E-state index is 6.14. The number of hydrogen-bond acceptors (Lipinski definition) is 3. The molecule has 2 fully saturated rings. The Morgan fingerprint density at radius 1 is 1.20 bits per heavy atom. The minimum atomic E-state index is 0. The summed E-state index contributed by atoms with van der Waals surface area (Å²) < 4.78 is 5.59. The van der Waals surface area contributed by atoms with Gasteiger partial charge in [-0.3, -0.25) is 9.89 Å². The third-order valence-corrected chi connectivity index (χ3v) is 5.38. The maximum atomic E-state index is 6.14. The number of nitrogens with two attached hydrogens (primary N) is 1. The van der Waals surface area contributed by atoms with Crippen molar-refractivity contribution in [3.63, 3.8) is 0 Å². The molecule has 0 atom stereocenters. The number of likely N-dealkylation sites (tertiary alicyclic amines) is 1. The van der Waals surface area contributed by atoms with E-state index >= 15 is 0 Å². The number of aliphatic imine (C=N–C) groups is 1. The average molecular weight is 458 g/mol. The van der Waals surface area contributed by atoms with Gasteiger partial charge in [0.05, 0.1) is 6.54 Å². The Kier molecular flexibility index (Phi) is 7.96. The van der Waals surface area contributed by atoms with Crippen molar-refractivity contribution < 1.29 is 4.74 Å². The number of anilines is 1. The summed E-state index contributed by atoms with van der Waals surface area (Å²) in [6.45, 7) is 6.94. The zero-order chi connectivity index (χ0) is 16.8. The fourth-order valence-corrected chi connectivity index (χ4v) is 3.76. The highest BCUT2D eigenvalue weighted by atomic mass is 127. The van der Waals surface area contributed by atoms with Crippen LogP contribution in [-0.4, -0.2) is 49.2 Å². The van der Waals surface area contributed by atoms with Crippen LogP contribution in [0.5, 0.6) is 0 Å². The highest BCUT2D eigenvalue weighted by molar-refractivity contribution is 14.0. The van der Waals surface area contributed by atoms with Gasteiger partial charge >= 0.3 is 0 Å². The molecule has 0 unspecified atom stereocenters. The molecule has 3 rings (SSSR count). The molecule has 3 N–H and O–H groups in total. The van der Waals surface area contributed by atoms with E-state index in [-0.39, 0.29) is 29.5 Å². The summed E-state index contributed by atoms with van der Waals surface area (Å²) in [5.41, 5.74) is 8.59. The number of rotatable bonds is 5. The van der Waals surface area contributed by atoms with Crippen LogP contribution in [0.4, 0.5) is 5.69 Å². The smallest absolute Gasteiger partial charge is 0.193 e. The summed E-state index contributed by atoms with van der Waals surface area (Å²) >= 11 is 0. The Labute approximate surface area is 168 Å². The predicted octanol–water partition coefficient (Wildman–Crippen LogP) is 3.24. The third-order valence-electron chi connectivity index (χ3n) is 5.38. The van der Waals surface area contributed by atoms with Crippen LogP contribution in [-0.2, 0) is 11.2 Å². The van der Waals surface area contributed by atoms with Gasteiger partial charge in [-0.2, -0.15) is 0 Å². The lowest BCUT2D eigenvalue weighted by Crippen LogP contribution is -2.53. The van der Waals surface area contributed by atoms with Crippen molar-refractivity contribution in [1.29, 1.82) is 0 Å². The summed E-state index contributed by atoms with van der Waals surface area (Å²) in [6, 6.07) is 8.37. The summed E-state index contributed by atoms with van der Waals surface area (Å²) in [6.07, 6.45) is 5.74. The second kappa shape index (κ2) is 9.73. The Morgan fingerprint density at radius 2 is 1.84 bits per heavy atom. The van der Waals surface area contributed by atoms with Crippen LogP contribution >= 0.6 is 24.0 Å². The van der Waals surface area contributed by atoms with Crippen LogP contribution < -0.4 is 11.1 Å². The summed E-state index contributed by atoms with van der Waals surface area (Å²) in [5, 5.41) is 3.22. The van der Waals surface area contributed by atoms with Gasteiger partial charge in [0, 0.05) is 24.4 Å². The number of benzene rings is 1. The van der Waals surface area contributed by atoms with Crippen molar-refractivity contribution in [3.8, 4) is 0 Å². The molecule has 140 valence electrons. The van der Waals surface area contributed by atoms with E-state index in [0.717, 1.165) is 44.7 Å². The van der Waals surface area contributed by atoms with Crippen LogP contribution in [0, 0.1) is 0 Å². The topological polar surface area (TPSA) is 62.9 Å². The first-order valence-corrected chi connectivity index (χ1v) is 9.20. The van der Waals surface area contributed by atoms with Gasteiger partial charge in [0.2, 0.25) is 0 Å². The molecule has 2 aliphatic rings. The Balaban J connectivity index is 0.00000225. The third kappa shape index (κ3) is 5.31. The number of guanidine groups is 1. The summed E-state index contributed by atoms with van der Waals surface area (Å²) in [5.74, 6) is 0.504. The molecule has 2 aliphatic heterocycles. The quantitative estimate of drug-likeness (QED) is 0.404. The lowest BCUT2D eigenvalue weighted by atomic mass is 9.88.